The molecule has 0 aliphatic carbocycles. The topological polar surface area (TPSA) is 47.9 Å². The molecule has 0 aromatic carbocycles. The fraction of sp³-hybridized carbons (Fsp3) is 1.00. The number of hydrogen-bond acceptors (Lipinski definition) is 4. The summed E-state index contributed by atoms with van der Waals surface area (Å²) in [6, 6.07) is 0. The second kappa shape index (κ2) is 15.9. The molecule has 0 aliphatic rings. The van der Waals surface area contributed by atoms with E-state index in [1.807, 2.05) is 0 Å². The van der Waals surface area contributed by atoms with Crippen molar-refractivity contribution in [2.45, 2.75) is 46.0 Å². The molecule has 0 unspecified atom stereocenters. The fourth-order valence-corrected chi connectivity index (χ4v) is 1.72. The Hall–Kier alpha value is -0.160. The van der Waals surface area contributed by atoms with E-state index in [-0.39, 0.29) is 6.61 Å². The van der Waals surface area contributed by atoms with Gasteiger partial charge < -0.3 is 19.3 Å². The van der Waals surface area contributed by atoms with Crippen molar-refractivity contribution in [2.24, 2.45) is 5.92 Å². The molecule has 0 amide bonds. The maximum absolute atomic E-state index is 8.48. The van der Waals surface area contributed by atoms with Crippen molar-refractivity contribution in [3.63, 3.8) is 0 Å². The molecule has 0 fully saturated rings. The van der Waals surface area contributed by atoms with Gasteiger partial charge in [0, 0.05) is 6.61 Å². The van der Waals surface area contributed by atoms with Crippen molar-refractivity contribution in [1.29, 1.82) is 0 Å². The van der Waals surface area contributed by atoms with Crippen molar-refractivity contribution in [2.75, 3.05) is 46.2 Å². The van der Waals surface area contributed by atoms with E-state index in [1.54, 1.807) is 0 Å². The number of aliphatic hydroxyl groups is 1. The third kappa shape index (κ3) is 17.8. The molecule has 4 nitrogen and oxygen atoms in total. The summed E-state index contributed by atoms with van der Waals surface area (Å²) in [4.78, 5) is 0. The maximum Gasteiger partial charge on any atom is 0.0701 e. The number of rotatable bonds is 15. The van der Waals surface area contributed by atoms with Gasteiger partial charge in [-0.2, -0.15) is 0 Å². The van der Waals surface area contributed by atoms with Crippen LogP contribution < -0.4 is 0 Å². The first-order valence-electron chi connectivity index (χ1n) is 7.61. The van der Waals surface area contributed by atoms with Gasteiger partial charge in [0.2, 0.25) is 0 Å². The third-order valence-corrected chi connectivity index (χ3v) is 2.80. The predicted octanol–water partition coefficient (Wildman–Crippen LogP) is 2.64. The van der Waals surface area contributed by atoms with Crippen LogP contribution in [0, 0.1) is 5.92 Å². The van der Waals surface area contributed by atoms with Gasteiger partial charge in [0.1, 0.15) is 0 Å². The number of unbranched alkanes of at least 4 members (excludes halogenated alkanes) is 3. The molecule has 19 heavy (non-hydrogen) atoms. The van der Waals surface area contributed by atoms with E-state index < -0.39 is 0 Å². The summed E-state index contributed by atoms with van der Waals surface area (Å²) in [6.45, 7) is 8.23. The molecule has 0 saturated carbocycles. The first-order valence-corrected chi connectivity index (χ1v) is 7.61. The van der Waals surface area contributed by atoms with Crippen LogP contribution in [0.15, 0.2) is 0 Å². The van der Waals surface area contributed by atoms with Crippen LogP contribution in [-0.4, -0.2) is 51.4 Å². The van der Waals surface area contributed by atoms with Gasteiger partial charge >= 0.3 is 0 Å². The zero-order valence-electron chi connectivity index (χ0n) is 12.7. The van der Waals surface area contributed by atoms with Crippen LogP contribution in [0.3, 0.4) is 0 Å². The number of hydrogen-bond donors (Lipinski definition) is 1. The Labute approximate surface area is 118 Å². The first-order chi connectivity index (χ1) is 9.27. The summed E-state index contributed by atoms with van der Waals surface area (Å²) in [5.41, 5.74) is 0. The molecule has 1 N–H and O–H groups in total. The first kappa shape index (κ1) is 18.8. The largest absolute Gasteiger partial charge is 0.394 e. The van der Waals surface area contributed by atoms with Crippen molar-refractivity contribution < 1.29 is 19.3 Å². The van der Waals surface area contributed by atoms with Crippen molar-refractivity contribution >= 4 is 0 Å². The summed E-state index contributed by atoms with van der Waals surface area (Å²) in [5, 5.41) is 8.48. The summed E-state index contributed by atoms with van der Waals surface area (Å²) in [6.07, 6.45) is 6.42. The summed E-state index contributed by atoms with van der Waals surface area (Å²) in [5.74, 6) is 0.828. The molecule has 0 aromatic heterocycles. The Kier molecular flexibility index (Phi) is 15.8. The highest BCUT2D eigenvalue weighted by molar-refractivity contribution is 4.47. The van der Waals surface area contributed by atoms with Gasteiger partial charge in [0.05, 0.1) is 39.6 Å². The van der Waals surface area contributed by atoms with Gasteiger partial charge in [-0.15, -0.1) is 0 Å². The zero-order valence-corrected chi connectivity index (χ0v) is 12.7. The Morgan fingerprint density at radius 3 is 1.79 bits per heavy atom. The molecule has 0 saturated heterocycles. The molecule has 0 spiro atoms. The molecule has 0 bridgehead atoms. The SMILES string of the molecule is CC(C)CCCCCCOCCOCCOCCO. The molecule has 0 aromatic rings. The lowest BCUT2D eigenvalue weighted by atomic mass is 10.0. The van der Waals surface area contributed by atoms with Crippen LogP contribution in [0.2, 0.25) is 0 Å². The van der Waals surface area contributed by atoms with Gasteiger partial charge in [0.25, 0.3) is 0 Å². The van der Waals surface area contributed by atoms with Gasteiger partial charge in [-0.1, -0.05) is 39.5 Å². The quantitative estimate of drug-likeness (QED) is 0.467. The predicted molar refractivity (Wildman–Crippen MR) is 77.5 cm³/mol. The highest BCUT2D eigenvalue weighted by atomic mass is 16.5. The van der Waals surface area contributed by atoms with E-state index in [9.17, 15) is 0 Å². The smallest absolute Gasteiger partial charge is 0.0701 e. The molecule has 0 atom stereocenters. The van der Waals surface area contributed by atoms with Crippen molar-refractivity contribution in [3.05, 3.63) is 0 Å². The van der Waals surface area contributed by atoms with Crippen molar-refractivity contribution in [1.82, 2.24) is 0 Å². The van der Waals surface area contributed by atoms with Crippen LogP contribution in [0.4, 0.5) is 0 Å². The van der Waals surface area contributed by atoms with E-state index in [1.165, 1.54) is 25.7 Å². The molecule has 0 aliphatic heterocycles. The summed E-state index contributed by atoms with van der Waals surface area (Å²) >= 11 is 0. The van der Waals surface area contributed by atoms with Crippen molar-refractivity contribution in [3.8, 4) is 0 Å². The van der Waals surface area contributed by atoms with E-state index >= 15 is 0 Å². The van der Waals surface area contributed by atoms with Crippen LogP contribution in [0.5, 0.6) is 0 Å². The lowest BCUT2D eigenvalue weighted by Crippen LogP contribution is -2.11. The Balaban J connectivity index is 2.91. The van der Waals surface area contributed by atoms with Gasteiger partial charge in [0.15, 0.2) is 0 Å². The highest BCUT2D eigenvalue weighted by Gasteiger charge is 1.95. The van der Waals surface area contributed by atoms with E-state index in [4.69, 9.17) is 19.3 Å². The minimum atomic E-state index is 0.0697. The monoisotopic (exact) mass is 276 g/mol. The fourth-order valence-electron chi connectivity index (χ4n) is 1.72. The summed E-state index contributed by atoms with van der Waals surface area (Å²) < 4.78 is 15.9. The standard InChI is InChI=1S/C15H32O4/c1-15(2)7-5-3-4-6-9-17-11-13-19-14-12-18-10-8-16/h15-16H,3-14H2,1-2H3. The Bertz CT molecular complexity index is 162. The Morgan fingerprint density at radius 1 is 0.684 bits per heavy atom. The molecular weight excluding hydrogens is 244 g/mol. The average Bonchev–Trinajstić information content (AvgIpc) is 2.39. The molecule has 0 rings (SSSR count). The molecule has 4 heteroatoms. The minimum absolute atomic E-state index is 0.0697. The number of ether oxygens (including phenoxy) is 3. The lowest BCUT2D eigenvalue weighted by Gasteiger charge is -2.07. The summed E-state index contributed by atoms with van der Waals surface area (Å²) in [7, 11) is 0. The molecular formula is C15H32O4. The normalized spacial score (nSPS) is 11.4. The molecule has 0 radical (unpaired) electrons. The lowest BCUT2D eigenvalue weighted by molar-refractivity contribution is 0.00719. The van der Waals surface area contributed by atoms with Gasteiger partial charge in [-0.25, -0.2) is 0 Å². The minimum Gasteiger partial charge on any atom is -0.394 e. The third-order valence-electron chi connectivity index (χ3n) is 2.80. The Morgan fingerprint density at radius 2 is 1.21 bits per heavy atom. The van der Waals surface area contributed by atoms with Crippen LogP contribution in [0.1, 0.15) is 46.0 Å². The average molecular weight is 276 g/mol. The molecule has 116 valence electrons. The van der Waals surface area contributed by atoms with Crippen LogP contribution >= 0.6 is 0 Å². The maximum atomic E-state index is 8.48. The second-order valence-electron chi connectivity index (χ2n) is 5.16. The van der Waals surface area contributed by atoms with Crippen LogP contribution in [0.25, 0.3) is 0 Å². The van der Waals surface area contributed by atoms with Gasteiger partial charge in [-0.3, -0.25) is 0 Å². The van der Waals surface area contributed by atoms with Crippen LogP contribution in [-0.2, 0) is 14.2 Å². The van der Waals surface area contributed by atoms with E-state index in [0.29, 0.717) is 33.0 Å². The van der Waals surface area contributed by atoms with E-state index in [0.717, 1.165) is 18.9 Å². The van der Waals surface area contributed by atoms with E-state index in [2.05, 4.69) is 13.8 Å². The highest BCUT2D eigenvalue weighted by Crippen LogP contribution is 2.09. The molecule has 0 heterocycles. The van der Waals surface area contributed by atoms with Gasteiger partial charge in [-0.05, 0) is 12.3 Å². The zero-order chi connectivity index (χ0) is 14.2. The number of aliphatic hydroxyl groups excluding tert-OH is 1. The second-order valence-corrected chi connectivity index (χ2v) is 5.16.